The average Bonchev–Trinajstić information content (AvgIpc) is 1.97. The summed E-state index contributed by atoms with van der Waals surface area (Å²) in [6.45, 7) is 11.0. The van der Waals surface area contributed by atoms with Crippen LogP contribution in [0.15, 0.2) is 0 Å². The lowest BCUT2D eigenvalue weighted by Gasteiger charge is -2.23. The highest BCUT2D eigenvalue weighted by Crippen LogP contribution is 2.23. The molecule has 0 aromatic carbocycles. The van der Waals surface area contributed by atoms with Gasteiger partial charge < -0.3 is 5.11 Å². The van der Waals surface area contributed by atoms with Crippen LogP contribution in [0.25, 0.3) is 0 Å². The maximum Gasteiger partial charge on any atom is 0.0545 e. The van der Waals surface area contributed by atoms with E-state index in [0.717, 1.165) is 25.2 Å². The molecule has 80 valence electrons. The van der Waals surface area contributed by atoms with Crippen molar-refractivity contribution >= 4 is 0 Å². The zero-order valence-electron chi connectivity index (χ0n) is 9.93. The molecule has 0 saturated carbocycles. The fraction of sp³-hybridized carbons (Fsp3) is 1.00. The molecule has 0 aliphatic rings. The van der Waals surface area contributed by atoms with Crippen LogP contribution < -0.4 is 0 Å². The fourth-order valence-corrected chi connectivity index (χ4v) is 1.49. The zero-order chi connectivity index (χ0) is 10.5. The summed E-state index contributed by atoms with van der Waals surface area (Å²) in [7, 11) is 0. The zero-order valence-corrected chi connectivity index (χ0v) is 9.93. The molecule has 0 amide bonds. The van der Waals surface area contributed by atoms with Crippen molar-refractivity contribution in [3.8, 4) is 0 Å². The lowest BCUT2D eigenvalue weighted by atomic mass is 9.87. The van der Waals surface area contributed by atoms with E-state index < -0.39 is 0 Å². The van der Waals surface area contributed by atoms with Crippen LogP contribution in [0.4, 0.5) is 0 Å². The summed E-state index contributed by atoms with van der Waals surface area (Å²) in [5, 5.41) is 9.73. The lowest BCUT2D eigenvalue weighted by molar-refractivity contribution is 0.106. The third-order valence-electron chi connectivity index (χ3n) is 2.54. The van der Waals surface area contributed by atoms with E-state index in [0.29, 0.717) is 0 Å². The Bertz CT molecular complexity index is 124. The van der Waals surface area contributed by atoms with E-state index >= 15 is 0 Å². The molecule has 0 rings (SSSR count). The minimum Gasteiger partial charge on any atom is -0.393 e. The molecular formula is C12H26O. The molecule has 0 spiro atoms. The molecule has 2 atom stereocenters. The van der Waals surface area contributed by atoms with Gasteiger partial charge in [-0.1, -0.05) is 41.0 Å². The first-order chi connectivity index (χ1) is 5.85. The quantitative estimate of drug-likeness (QED) is 0.695. The smallest absolute Gasteiger partial charge is 0.0545 e. The first kappa shape index (κ1) is 13.0. The molecule has 0 aliphatic heterocycles. The minimum atomic E-state index is -0.103. The van der Waals surface area contributed by atoms with E-state index in [1.807, 2.05) is 0 Å². The predicted octanol–water partition coefficient (Wildman–Crippen LogP) is 3.61. The van der Waals surface area contributed by atoms with Crippen molar-refractivity contribution in [1.82, 2.24) is 0 Å². The number of hydrogen-bond acceptors (Lipinski definition) is 1. The molecular weight excluding hydrogens is 160 g/mol. The number of hydrogen-bond donors (Lipinski definition) is 1. The van der Waals surface area contributed by atoms with Crippen LogP contribution in [0.2, 0.25) is 0 Å². The van der Waals surface area contributed by atoms with E-state index in [4.69, 9.17) is 0 Å². The normalized spacial score (nSPS) is 17.1. The van der Waals surface area contributed by atoms with Crippen LogP contribution in [0.1, 0.15) is 60.3 Å². The van der Waals surface area contributed by atoms with Crippen LogP contribution >= 0.6 is 0 Å². The summed E-state index contributed by atoms with van der Waals surface area (Å²) in [6, 6.07) is 0. The molecule has 2 unspecified atom stereocenters. The Morgan fingerprint density at radius 3 is 2.08 bits per heavy atom. The van der Waals surface area contributed by atoms with Crippen molar-refractivity contribution in [1.29, 1.82) is 0 Å². The Morgan fingerprint density at radius 2 is 1.69 bits per heavy atom. The molecule has 0 fully saturated rings. The van der Waals surface area contributed by atoms with Crippen LogP contribution in [-0.4, -0.2) is 11.2 Å². The van der Waals surface area contributed by atoms with Crippen molar-refractivity contribution in [2.45, 2.75) is 66.4 Å². The minimum absolute atomic E-state index is 0.103. The average molecular weight is 186 g/mol. The van der Waals surface area contributed by atoms with Gasteiger partial charge in [0.25, 0.3) is 0 Å². The van der Waals surface area contributed by atoms with Gasteiger partial charge in [-0.3, -0.25) is 0 Å². The molecule has 0 aromatic heterocycles. The standard InChI is InChI=1S/C12H26O/c1-6-10(2)7-8-11(13)9-12(3,4)5/h10-11,13H,6-9H2,1-5H3. The van der Waals surface area contributed by atoms with Gasteiger partial charge in [0, 0.05) is 0 Å². The predicted molar refractivity (Wildman–Crippen MR) is 58.8 cm³/mol. The van der Waals surface area contributed by atoms with Gasteiger partial charge in [0.05, 0.1) is 6.10 Å². The second kappa shape index (κ2) is 5.64. The molecule has 0 saturated heterocycles. The molecule has 0 aliphatic carbocycles. The van der Waals surface area contributed by atoms with Crippen LogP contribution in [0.3, 0.4) is 0 Å². The van der Waals surface area contributed by atoms with Gasteiger partial charge in [-0.05, 0) is 30.6 Å². The van der Waals surface area contributed by atoms with Gasteiger partial charge in [0.2, 0.25) is 0 Å². The summed E-state index contributed by atoms with van der Waals surface area (Å²) in [5.74, 6) is 0.759. The monoisotopic (exact) mass is 186 g/mol. The van der Waals surface area contributed by atoms with Crippen molar-refractivity contribution < 1.29 is 5.11 Å². The highest BCUT2D eigenvalue weighted by atomic mass is 16.3. The molecule has 1 nitrogen and oxygen atoms in total. The summed E-state index contributed by atoms with van der Waals surface area (Å²) >= 11 is 0. The molecule has 1 heteroatoms. The Kier molecular flexibility index (Phi) is 5.62. The van der Waals surface area contributed by atoms with Gasteiger partial charge in [-0.15, -0.1) is 0 Å². The second-order valence-electron chi connectivity index (χ2n) is 5.51. The Hall–Kier alpha value is -0.0400. The van der Waals surface area contributed by atoms with Crippen molar-refractivity contribution in [2.24, 2.45) is 11.3 Å². The third kappa shape index (κ3) is 8.29. The maximum absolute atomic E-state index is 9.73. The number of aliphatic hydroxyl groups excluding tert-OH is 1. The van der Waals surface area contributed by atoms with Crippen molar-refractivity contribution in [3.63, 3.8) is 0 Å². The van der Waals surface area contributed by atoms with E-state index in [1.165, 1.54) is 6.42 Å². The highest BCUT2D eigenvalue weighted by Gasteiger charge is 2.16. The van der Waals surface area contributed by atoms with Crippen LogP contribution in [0.5, 0.6) is 0 Å². The van der Waals surface area contributed by atoms with Crippen molar-refractivity contribution in [2.75, 3.05) is 0 Å². The molecule has 0 bridgehead atoms. The van der Waals surface area contributed by atoms with Gasteiger partial charge in [-0.2, -0.15) is 0 Å². The molecule has 1 N–H and O–H groups in total. The molecule has 13 heavy (non-hydrogen) atoms. The first-order valence-electron chi connectivity index (χ1n) is 5.53. The third-order valence-corrected chi connectivity index (χ3v) is 2.54. The summed E-state index contributed by atoms with van der Waals surface area (Å²) in [5.41, 5.74) is 0.259. The fourth-order valence-electron chi connectivity index (χ4n) is 1.49. The SMILES string of the molecule is CCC(C)CCC(O)CC(C)(C)C. The largest absolute Gasteiger partial charge is 0.393 e. The van der Waals surface area contributed by atoms with Crippen LogP contribution in [-0.2, 0) is 0 Å². The van der Waals surface area contributed by atoms with E-state index in [9.17, 15) is 5.11 Å². The Balaban J connectivity index is 3.57. The van der Waals surface area contributed by atoms with Gasteiger partial charge in [-0.25, -0.2) is 0 Å². The van der Waals surface area contributed by atoms with Crippen LogP contribution in [0, 0.1) is 11.3 Å². The maximum atomic E-state index is 9.73. The summed E-state index contributed by atoms with van der Waals surface area (Å²) in [4.78, 5) is 0. The van der Waals surface area contributed by atoms with E-state index in [-0.39, 0.29) is 11.5 Å². The number of rotatable bonds is 5. The van der Waals surface area contributed by atoms with Gasteiger partial charge in [0.15, 0.2) is 0 Å². The Labute approximate surface area is 83.5 Å². The lowest BCUT2D eigenvalue weighted by Crippen LogP contribution is -2.18. The highest BCUT2D eigenvalue weighted by molar-refractivity contribution is 4.68. The summed E-state index contributed by atoms with van der Waals surface area (Å²) < 4.78 is 0. The molecule has 0 radical (unpaired) electrons. The van der Waals surface area contributed by atoms with Gasteiger partial charge in [0.1, 0.15) is 0 Å². The van der Waals surface area contributed by atoms with E-state index in [1.54, 1.807) is 0 Å². The second-order valence-corrected chi connectivity index (χ2v) is 5.51. The summed E-state index contributed by atoms with van der Waals surface area (Å²) in [6.07, 6.45) is 4.17. The topological polar surface area (TPSA) is 20.2 Å². The molecule has 0 aromatic rings. The van der Waals surface area contributed by atoms with Gasteiger partial charge >= 0.3 is 0 Å². The van der Waals surface area contributed by atoms with E-state index in [2.05, 4.69) is 34.6 Å². The number of aliphatic hydroxyl groups is 1. The molecule has 0 heterocycles. The first-order valence-corrected chi connectivity index (χ1v) is 5.53. The van der Waals surface area contributed by atoms with Crippen molar-refractivity contribution in [3.05, 3.63) is 0 Å². The Morgan fingerprint density at radius 1 is 1.15 bits per heavy atom.